The van der Waals surface area contributed by atoms with Crippen molar-refractivity contribution in [3.05, 3.63) is 29.5 Å². The molecule has 0 saturated carbocycles. The zero-order valence-electron chi connectivity index (χ0n) is 13.9. The van der Waals surface area contributed by atoms with Gasteiger partial charge in [0.15, 0.2) is 0 Å². The summed E-state index contributed by atoms with van der Waals surface area (Å²) in [7, 11) is 0. The lowest BCUT2D eigenvalue weighted by molar-refractivity contribution is 0.312. The SMILES string of the molecule is Cc1nnc(CCCN2CC[C@@H](n3cnc4c3CCCC4)C2)o1. The maximum Gasteiger partial charge on any atom is 0.216 e. The maximum atomic E-state index is 5.44. The first-order valence-electron chi connectivity index (χ1n) is 8.85. The highest BCUT2D eigenvalue weighted by atomic mass is 16.4. The van der Waals surface area contributed by atoms with Crippen molar-refractivity contribution in [3.8, 4) is 0 Å². The highest BCUT2D eigenvalue weighted by Gasteiger charge is 2.27. The third-order valence-electron chi connectivity index (χ3n) is 5.13. The molecule has 0 amide bonds. The fourth-order valence-electron chi connectivity index (χ4n) is 3.94. The number of imidazole rings is 1. The molecule has 1 aliphatic carbocycles. The van der Waals surface area contributed by atoms with Gasteiger partial charge in [-0.15, -0.1) is 10.2 Å². The molecule has 1 saturated heterocycles. The van der Waals surface area contributed by atoms with Crippen molar-refractivity contribution in [1.82, 2.24) is 24.6 Å². The monoisotopic (exact) mass is 315 g/mol. The van der Waals surface area contributed by atoms with E-state index in [9.17, 15) is 0 Å². The van der Waals surface area contributed by atoms with E-state index >= 15 is 0 Å². The van der Waals surface area contributed by atoms with E-state index in [4.69, 9.17) is 4.42 Å². The van der Waals surface area contributed by atoms with Gasteiger partial charge < -0.3 is 13.9 Å². The molecule has 0 aromatic carbocycles. The zero-order chi connectivity index (χ0) is 15.6. The molecule has 1 fully saturated rings. The fraction of sp³-hybridized carbons (Fsp3) is 0.706. The first kappa shape index (κ1) is 14.9. The second-order valence-corrected chi connectivity index (χ2v) is 6.81. The molecular formula is C17H25N5O. The minimum absolute atomic E-state index is 0.606. The van der Waals surface area contributed by atoms with E-state index in [1.54, 1.807) is 0 Å². The lowest BCUT2D eigenvalue weighted by Crippen LogP contribution is -2.23. The van der Waals surface area contributed by atoms with Gasteiger partial charge in [0.1, 0.15) is 0 Å². The number of hydrogen-bond donors (Lipinski definition) is 0. The summed E-state index contributed by atoms with van der Waals surface area (Å²) >= 11 is 0. The van der Waals surface area contributed by atoms with Gasteiger partial charge in [-0.1, -0.05) is 0 Å². The normalized spacial score (nSPS) is 21.7. The van der Waals surface area contributed by atoms with Crippen LogP contribution in [0.3, 0.4) is 0 Å². The Balaban J connectivity index is 1.30. The van der Waals surface area contributed by atoms with Gasteiger partial charge in [-0.3, -0.25) is 0 Å². The van der Waals surface area contributed by atoms with Crippen molar-refractivity contribution < 1.29 is 4.42 Å². The average Bonchev–Trinajstić information content (AvgIpc) is 3.27. The van der Waals surface area contributed by atoms with Gasteiger partial charge in [-0.05, 0) is 45.1 Å². The van der Waals surface area contributed by atoms with E-state index in [0.29, 0.717) is 11.9 Å². The van der Waals surface area contributed by atoms with Crippen molar-refractivity contribution in [1.29, 1.82) is 0 Å². The summed E-state index contributed by atoms with van der Waals surface area (Å²) in [6.45, 7) is 5.27. The molecule has 0 N–H and O–H groups in total. The standard InChI is InChI=1S/C17H25N5O/c1-13-19-20-17(23-13)7-4-9-21-10-8-14(11-21)22-12-18-15-5-2-3-6-16(15)22/h12,14H,2-11H2,1H3/t14-/m1/s1. The Kier molecular flexibility index (Phi) is 4.16. The van der Waals surface area contributed by atoms with Gasteiger partial charge >= 0.3 is 0 Å². The Morgan fingerprint density at radius 1 is 1.26 bits per heavy atom. The summed E-state index contributed by atoms with van der Waals surface area (Å²) in [4.78, 5) is 7.21. The minimum Gasteiger partial charge on any atom is -0.426 e. The quantitative estimate of drug-likeness (QED) is 0.847. The Bertz CT molecular complexity index is 662. The molecule has 1 aliphatic heterocycles. The van der Waals surface area contributed by atoms with Crippen LogP contribution in [0.1, 0.15) is 54.9 Å². The number of aryl methyl sites for hydroxylation is 3. The molecule has 0 spiro atoms. The van der Waals surface area contributed by atoms with E-state index in [0.717, 1.165) is 31.8 Å². The van der Waals surface area contributed by atoms with Crippen molar-refractivity contribution >= 4 is 0 Å². The topological polar surface area (TPSA) is 60.0 Å². The van der Waals surface area contributed by atoms with Crippen molar-refractivity contribution in [2.45, 2.75) is 57.9 Å². The third-order valence-corrected chi connectivity index (χ3v) is 5.13. The van der Waals surface area contributed by atoms with E-state index < -0.39 is 0 Å². The van der Waals surface area contributed by atoms with Crippen LogP contribution < -0.4 is 0 Å². The summed E-state index contributed by atoms with van der Waals surface area (Å²) in [5.74, 6) is 1.42. The number of hydrogen-bond acceptors (Lipinski definition) is 5. The molecular weight excluding hydrogens is 290 g/mol. The molecule has 2 aromatic heterocycles. The Hall–Kier alpha value is -1.69. The smallest absolute Gasteiger partial charge is 0.216 e. The van der Waals surface area contributed by atoms with Gasteiger partial charge in [0.25, 0.3) is 0 Å². The van der Waals surface area contributed by atoms with Crippen LogP contribution in [0.15, 0.2) is 10.7 Å². The number of fused-ring (bicyclic) bond motifs is 1. The largest absolute Gasteiger partial charge is 0.426 e. The van der Waals surface area contributed by atoms with Gasteiger partial charge in [-0.2, -0.15) is 0 Å². The summed E-state index contributed by atoms with van der Waals surface area (Å²) in [5.41, 5.74) is 2.85. The molecule has 23 heavy (non-hydrogen) atoms. The maximum absolute atomic E-state index is 5.44. The summed E-state index contributed by atoms with van der Waals surface area (Å²) in [6, 6.07) is 0.606. The fourth-order valence-corrected chi connectivity index (χ4v) is 3.94. The van der Waals surface area contributed by atoms with Gasteiger partial charge in [0.2, 0.25) is 11.8 Å². The number of rotatable bonds is 5. The zero-order valence-corrected chi connectivity index (χ0v) is 13.9. The highest BCUT2D eigenvalue weighted by molar-refractivity contribution is 5.17. The number of nitrogens with zero attached hydrogens (tertiary/aromatic N) is 5. The van der Waals surface area contributed by atoms with Gasteiger partial charge in [0, 0.05) is 38.2 Å². The van der Waals surface area contributed by atoms with Gasteiger partial charge in [-0.25, -0.2) is 4.98 Å². The predicted octanol–water partition coefficient (Wildman–Crippen LogP) is 2.33. The molecule has 6 nitrogen and oxygen atoms in total. The molecule has 6 heteroatoms. The third kappa shape index (κ3) is 3.17. The molecule has 0 unspecified atom stereocenters. The van der Waals surface area contributed by atoms with Crippen LogP contribution in [-0.4, -0.2) is 44.3 Å². The van der Waals surface area contributed by atoms with Crippen LogP contribution in [-0.2, 0) is 19.3 Å². The van der Waals surface area contributed by atoms with Crippen molar-refractivity contribution in [3.63, 3.8) is 0 Å². The Morgan fingerprint density at radius 2 is 2.17 bits per heavy atom. The summed E-state index contributed by atoms with van der Waals surface area (Å²) in [5, 5.41) is 7.95. The Morgan fingerprint density at radius 3 is 3.04 bits per heavy atom. The first-order chi connectivity index (χ1) is 11.3. The van der Waals surface area contributed by atoms with Crippen LogP contribution in [0.4, 0.5) is 0 Å². The molecule has 2 aromatic rings. The van der Waals surface area contributed by atoms with Crippen molar-refractivity contribution in [2.24, 2.45) is 0 Å². The lowest BCUT2D eigenvalue weighted by atomic mass is 10.0. The van der Waals surface area contributed by atoms with Crippen LogP contribution in [0.5, 0.6) is 0 Å². The predicted molar refractivity (Wildman–Crippen MR) is 86.3 cm³/mol. The second-order valence-electron chi connectivity index (χ2n) is 6.81. The van der Waals surface area contributed by atoms with E-state index in [-0.39, 0.29) is 0 Å². The second kappa shape index (κ2) is 6.43. The number of aromatic nitrogens is 4. The van der Waals surface area contributed by atoms with E-state index in [2.05, 4.69) is 31.0 Å². The lowest BCUT2D eigenvalue weighted by Gasteiger charge is -2.20. The van der Waals surface area contributed by atoms with Crippen LogP contribution >= 0.6 is 0 Å². The highest BCUT2D eigenvalue weighted by Crippen LogP contribution is 2.28. The van der Waals surface area contributed by atoms with Gasteiger partial charge in [0.05, 0.1) is 12.0 Å². The molecule has 4 rings (SSSR count). The molecule has 0 bridgehead atoms. The molecule has 124 valence electrons. The summed E-state index contributed by atoms with van der Waals surface area (Å²) < 4.78 is 7.91. The van der Waals surface area contributed by atoms with E-state index in [1.165, 1.54) is 50.0 Å². The number of likely N-dealkylation sites (tertiary alicyclic amines) is 1. The first-order valence-corrected chi connectivity index (χ1v) is 8.85. The molecule has 0 radical (unpaired) electrons. The van der Waals surface area contributed by atoms with E-state index in [1.807, 2.05) is 6.92 Å². The molecule has 1 atom stereocenters. The van der Waals surface area contributed by atoms with Crippen LogP contribution in [0.2, 0.25) is 0 Å². The summed E-state index contributed by atoms with van der Waals surface area (Å²) in [6.07, 6.45) is 10.3. The van der Waals surface area contributed by atoms with Crippen molar-refractivity contribution in [2.75, 3.05) is 19.6 Å². The van der Waals surface area contributed by atoms with Crippen LogP contribution in [0, 0.1) is 6.92 Å². The Labute approximate surface area is 136 Å². The van der Waals surface area contributed by atoms with Crippen LogP contribution in [0.25, 0.3) is 0 Å². The molecule has 3 heterocycles. The minimum atomic E-state index is 0.606. The molecule has 2 aliphatic rings. The average molecular weight is 315 g/mol.